The topological polar surface area (TPSA) is 39.9 Å². The molecule has 5 heteroatoms. The molecule has 0 spiro atoms. The second-order valence-electron chi connectivity index (χ2n) is 8.74. The zero-order valence-corrected chi connectivity index (χ0v) is 18.9. The number of halogens is 1. The van der Waals surface area contributed by atoms with Crippen LogP contribution in [0.15, 0.2) is 23.1 Å². The Morgan fingerprint density at radius 1 is 0.926 bits per heavy atom. The van der Waals surface area contributed by atoms with Crippen LogP contribution in [0.25, 0.3) is 11.2 Å². The smallest absolute Gasteiger partial charge is 0.161 e. The van der Waals surface area contributed by atoms with Gasteiger partial charge in [-0.2, -0.15) is 0 Å². The first-order valence-corrected chi connectivity index (χ1v) is 11.3. The first kappa shape index (κ1) is 22.4. The number of hydrogen-bond donors (Lipinski definition) is 0. The lowest BCUT2D eigenvalue weighted by atomic mass is 9.89. The molecule has 0 aliphatic carbocycles. The molecular formula is C22H36BrN3O. The summed E-state index contributed by atoms with van der Waals surface area (Å²) in [5.74, 6) is 0. The molecule has 0 bridgehead atoms. The molecule has 0 N–H and O–H groups in total. The Kier molecular flexibility index (Phi) is 9.77. The van der Waals surface area contributed by atoms with Crippen molar-refractivity contribution in [3.05, 3.63) is 23.1 Å². The normalized spacial score (nSPS) is 12.1. The van der Waals surface area contributed by atoms with E-state index in [4.69, 9.17) is 4.74 Å². The van der Waals surface area contributed by atoms with Gasteiger partial charge < -0.3 is 4.74 Å². The highest BCUT2D eigenvalue weighted by molar-refractivity contribution is 9.10. The van der Waals surface area contributed by atoms with Gasteiger partial charge in [0, 0.05) is 17.3 Å². The second-order valence-corrected chi connectivity index (χ2v) is 9.66. The summed E-state index contributed by atoms with van der Waals surface area (Å²) in [4.78, 5) is 8.76. The number of hydrogen-bond acceptors (Lipinski definition) is 3. The molecule has 4 nitrogen and oxygen atoms in total. The fourth-order valence-electron chi connectivity index (χ4n) is 3.28. The van der Waals surface area contributed by atoms with Crippen LogP contribution >= 0.6 is 15.9 Å². The van der Waals surface area contributed by atoms with E-state index in [2.05, 4.69) is 46.7 Å². The summed E-state index contributed by atoms with van der Waals surface area (Å²) in [7, 11) is 0. The van der Waals surface area contributed by atoms with Crippen molar-refractivity contribution in [2.45, 2.75) is 91.7 Å². The van der Waals surface area contributed by atoms with Gasteiger partial charge in [0.05, 0.1) is 6.33 Å². The van der Waals surface area contributed by atoms with Crippen LogP contribution in [0.2, 0.25) is 0 Å². The van der Waals surface area contributed by atoms with Crippen LogP contribution < -0.4 is 0 Å². The van der Waals surface area contributed by atoms with Crippen LogP contribution in [0.1, 0.15) is 85.0 Å². The zero-order valence-electron chi connectivity index (χ0n) is 17.3. The number of ether oxygens (including phenoxy) is 1. The van der Waals surface area contributed by atoms with Crippen LogP contribution in [0, 0.1) is 5.41 Å². The number of aromatic nitrogens is 3. The van der Waals surface area contributed by atoms with Gasteiger partial charge in [-0.05, 0) is 40.3 Å². The zero-order chi connectivity index (χ0) is 19.5. The lowest BCUT2D eigenvalue weighted by Gasteiger charge is -2.17. The Hall–Kier alpha value is -0.940. The predicted molar refractivity (Wildman–Crippen MR) is 117 cm³/mol. The van der Waals surface area contributed by atoms with Gasteiger partial charge >= 0.3 is 0 Å². The van der Waals surface area contributed by atoms with E-state index in [1.54, 1.807) is 12.5 Å². The molecule has 0 aliphatic rings. The molecule has 0 saturated carbocycles. The van der Waals surface area contributed by atoms with Crippen molar-refractivity contribution >= 4 is 27.1 Å². The summed E-state index contributed by atoms with van der Waals surface area (Å²) in [5, 5.41) is 0. The van der Waals surface area contributed by atoms with Crippen molar-refractivity contribution in [1.82, 2.24) is 14.5 Å². The molecular weight excluding hydrogens is 402 g/mol. The highest BCUT2D eigenvalue weighted by Gasteiger charge is 2.08. The van der Waals surface area contributed by atoms with E-state index in [0.29, 0.717) is 12.1 Å². The van der Waals surface area contributed by atoms with Crippen LogP contribution in [0.5, 0.6) is 0 Å². The Bertz CT molecular complexity index is 663. The van der Waals surface area contributed by atoms with Gasteiger partial charge in [0.2, 0.25) is 0 Å². The van der Waals surface area contributed by atoms with Crippen LogP contribution in [0.4, 0.5) is 0 Å². The lowest BCUT2D eigenvalue weighted by molar-refractivity contribution is 0.0759. The minimum Gasteiger partial charge on any atom is -0.361 e. The molecule has 0 saturated heterocycles. The molecule has 0 atom stereocenters. The van der Waals surface area contributed by atoms with Gasteiger partial charge in [0.1, 0.15) is 12.2 Å². The third-order valence-corrected chi connectivity index (χ3v) is 5.30. The average molecular weight is 438 g/mol. The van der Waals surface area contributed by atoms with Gasteiger partial charge in [0.15, 0.2) is 5.65 Å². The van der Waals surface area contributed by atoms with Crippen molar-refractivity contribution in [3.63, 3.8) is 0 Å². The highest BCUT2D eigenvalue weighted by Crippen LogP contribution is 2.22. The van der Waals surface area contributed by atoms with Crippen molar-refractivity contribution in [2.75, 3.05) is 6.61 Å². The molecule has 0 aromatic carbocycles. The quantitative estimate of drug-likeness (QED) is 0.313. The Morgan fingerprint density at radius 2 is 1.56 bits per heavy atom. The second kappa shape index (κ2) is 11.8. The molecule has 152 valence electrons. The third kappa shape index (κ3) is 9.20. The SMILES string of the molecule is CC(C)(C)CCCCCCCCCCCOCn1cnc2cc(Br)cnc21. The van der Waals surface area contributed by atoms with Gasteiger partial charge in [-0.1, -0.05) is 72.1 Å². The fraction of sp³-hybridized carbons (Fsp3) is 0.727. The molecule has 2 aromatic heterocycles. The molecule has 27 heavy (non-hydrogen) atoms. The van der Waals surface area contributed by atoms with E-state index in [1.165, 1.54) is 57.8 Å². The molecule has 0 fully saturated rings. The van der Waals surface area contributed by atoms with Crippen molar-refractivity contribution in [2.24, 2.45) is 5.41 Å². The molecule has 2 heterocycles. The largest absolute Gasteiger partial charge is 0.361 e. The Morgan fingerprint density at radius 3 is 2.22 bits per heavy atom. The number of fused-ring (bicyclic) bond motifs is 1. The van der Waals surface area contributed by atoms with Crippen molar-refractivity contribution < 1.29 is 4.74 Å². The van der Waals surface area contributed by atoms with Crippen LogP contribution in [0.3, 0.4) is 0 Å². The molecule has 2 rings (SSSR count). The molecule has 0 aliphatic heterocycles. The van der Waals surface area contributed by atoms with Crippen molar-refractivity contribution in [3.8, 4) is 0 Å². The first-order valence-electron chi connectivity index (χ1n) is 10.5. The molecule has 2 aromatic rings. The van der Waals surface area contributed by atoms with E-state index in [1.807, 2.05) is 10.6 Å². The summed E-state index contributed by atoms with van der Waals surface area (Å²) in [6.07, 6.45) is 17.0. The van der Waals surface area contributed by atoms with Crippen LogP contribution in [-0.4, -0.2) is 21.1 Å². The number of imidazole rings is 1. The van der Waals surface area contributed by atoms with Gasteiger partial charge in [0.25, 0.3) is 0 Å². The molecule has 0 amide bonds. The summed E-state index contributed by atoms with van der Waals surface area (Å²) in [6.45, 7) is 8.35. The van der Waals surface area contributed by atoms with Crippen LogP contribution in [-0.2, 0) is 11.5 Å². The number of nitrogens with zero attached hydrogens (tertiary/aromatic N) is 3. The minimum absolute atomic E-state index is 0.501. The summed E-state index contributed by atoms with van der Waals surface area (Å²) >= 11 is 3.42. The number of rotatable bonds is 13. The predicted octanol–water partition coefficient (Wildman–Crippen LogP) is 7.12. The minimum atomic E-state index is 0.501. The standard InChI is InChI=1S/C22H36BrN3O/c1-22(2,3)13-11-9-7-5-4-6-8-10-12-14-27-18-26-17-25-20-15-19(23)16-24-21(20)26/h15-17H,4-14,18H2,1-3H3. The first-order chi connectivity index (χ1) is 13.0. The van der Waals surface area contributed by atoms with E-state index < -0.39 is 0 Å². The highest BCUT2D eigenvalue weighted by atomic mass is 79.9. The van der Waals surface area contributed by atoms with Gasteiger partial charge in [-0.25, -0.2) is 9.97 Å². The Balaban J connectivity index is 1.42. The van der Waals surface area contributed by atoms with Crippen molar-refractivity contribution in [1.29, 1.82) is 0 Å². The van der Waals surface area contributed by atoms with E-state index >= 15 is 0 Å². The third-order valence-electron chi connectivity index (χ3n) is 4.87. The van der Waals surface area contributed by atoms with Gasteiger partial charge in [-0.15, -0.1) is 0 Å². The summed E-state index contributed by atoms with van der Waals surface area (Å²) in [6, 6.07) is 1.98. The maximum Gasteiger partial charge on any atom is 0.161 e. The van der Waals surface area contributed by atoms with Gasteiger partial charge in [-0.3, -0.25) is 4.57 Å². The summed E-state index contributed by atoms with van der Waals surface area (Å²) < 4.78 is 8.70. The average Bonchev–Trinajstić information content (AvgIpc) is 3.00. The lowest BCUT2D eigenvalue weighted by Crippen LogP contribution is -2.03. The Labute approximate surface area is 173 Å². The maximum absolute atomic E-state index is 5.79. The maximum atomic E-state index is 5.79. The monoisotopic (exact) mass is 437 g/mol. The van der Waals surface area contributed by atoms with E-state index in [0.717, 1.165) is 28.7 Å². The van der Waals surface area contributed by atoms with E-state index in [-0.39, 0.29) is 0 Å². The summed E-state index contributed by atoms with van der Waals surface area (Å²) in [5.41, 5.74) is 2.27. The fourth-order valence-corrected chi connectivity index (χ4v) is 3.60. The van der Waals surface area contributed by atoms with E-state index in [9.17, 15) is 0 Å². The molecule has 0 radical (unpaired) electrons. The number of pyridine rings is 1. The number of unbranched alkanes of at least 4 members (excludes halogenated alkanes) is 8. The molecule has 0 unspecified atom stereocenters.